The van der Waals surface area contributed by atoms with Gasteiger partial charge in [0.25, 0.3) is 5.78 Å². The molecule has 0 aromatic heterocycles. The molecular weight excluding hydrogens is 304 g/mol. The number of methoxy groups -OCH3 is 1. The molecule has 0 spiro atoms. The molecule has 7 heteroatoms. The number of hydrogen-bond donors (Lipinski definition) is 0. The summed E-state index contributed by atoms with van der Waals surface area (Å²) < 4.78 is 57.6. The van der Waals surface area contributed by atoms with Crippen molar-refractivity contribution in [3.8, 4) is 0 Å². The zero-order valence-corrected chi connectivity index (χ0v) is 12.3. The topological polar surface area (TPSA) is 43.4 Å². The second kappa shape index (κ2) is 6.46. The molecule has 1 aromatic carbocycles. The lowest BCUT2D eigenvalue weighted by atomic mass is 9.90. The lowest BCUT2D eigenvalue weighted by molar-refractivity contribution is -0.173. The van der Waals surface area contributed by atoms with Gasteiger partial charge in [-0.2, -0.15) is 17.6 Å². The third-order valence-corrected chi connectivity index (χ3v) is 3.24. The number of ether oxygens (including phenoxy) is 1. The minimum absolute atomic E-state index is 0.154. The fourth-order valence-electron chi connectivity index (χ4n) is 1.89. The lowest BCUT2D eigenvalue weighted by Crippen LogP contribution is -2.45. The number of esters is 1. The van der Waals surface area contributed by atoms with E-state index in [0.29, 0.717) is 5.56 Å². The first-order chi connectivity index (χ1) is 10.00. The molecule has 0 heterocycles. The summed E-state index contributed by atoms with van der Waals surface area (Å²) in [4.78, 5) is 22.4. The SMILES string of the molecule is COC(=O)c1ccc(CC(C)C(F)(F)C(=O)C(C)(F)F)cc1. The standard InChI is InChI=1S/C15H16F4O3/c1-9(15(18,19)13(21)14(2,16)17)8-10-4-6-11(7-5-10)12(20)22-3/h4-7,9H,8H2,1-3H3. The van der Waals surface area contributed by atoms with Gasteiger partial charge in [-0.25, -0.2) is 4.79 Å². The highest BCUT2D eigenvalue weighted by Gasteiger charge is 2.53. The van der Waals surface area contributed by atoms with Crippen LogP contribution in [0.3, 0.4) is 0 Å². The van der Waals surface area contributed by atoms with Crippen LogP contribution in [-0.2, 0) is 16.0 Å². The van der Waals surface area contributed by atoms with Crippen molar-refractivity contribution in [1.82, 2.24) is 0 Å². The summed E-state index contributed by atoms with van der Waals surface area (Å²) >= 11 is 0. The van der Waals surface area contributed by atoms with Crippen LogP contribution in [0.1, 0.15) is 29.8 Å². The number of alkyl halides is 4. The molecule has 0 aliphatic heterocycles. The van der Waals surface area contributed by atoms with E-state index in [1.54, 1.807) is 0 Å². The van der Waals surface area contributed by atoms with E-state index < -0.39 is 29.5 Å². The van der Waals surface area contributed by atoms with E-state index in [2.05, 4.69) is 4.74 Å². The molecule has 0 radical (unpaired) electrons. The molecule has 1 rings (SSSR count). The molecule has 3 nitrogen and oxygen atoms in total. The highest BCUT2D eigenvalue weighted by Crippen LogP contribution is 2.34. The molecule has 0 aliphatic rings. The lowest BCUT2D eigenvalue weighted by Gasteiger charge is -2.24. The van der Waals surface area contributed by atoms with E-state index in [9.17, 15) is 27.2 Å². The maximum atomic E-state index is 13.8. The Labute approximate surface area is 125 Å². The number of ketones is 1. The van der Waals surface area contributed by atoms with E-state index in [-0.39, 0.29) is 18.9 Å². The number of Topliss-reactive ketones (excluding diaryl/α,β-unsaturated/α-hetero) is 1. The van der Waals surface area contributed by atoms with Crippen molar-refractivity contribution in [2.75, 3.05) is 7.11 Å². The van der Waals surface area contributed by atoms with Gasteiger partial charge in [0.05, 0.1) is 12.7 Å². The first-order valence-corrected chi connectivity index (χ1v) is 6.48. The number of halogens is 4. The molecule has 0 saturated carbocycles. The van der Waals surface area contributed by atoms with Crippen molar-refractivity contribution in [3.63, 3.8) is 0 Å². The summed E-state index contributed by atoms with van der Waals surface area (Å²) in [5.41, 5.74) is 0.633. The van der Waals surface area contributed by atoms with Gasteiger partial charge >= 0.3 is 17.8 Å². The summed E-state index contributed by atoms with van der Waals surface area (Å²) in [7, 11) is 1.20. The molecular formula is C15H16F4O3. The summed E-state index contributed by atoms with van der Waals surface area (Å²) in [6.07, 6.45) is -0.281. The summed E-state index contributed by atoms with van der Waals surface area (Å²) in [5.74, 6) is -12.8. The van der Waals surface area contributed by atoms with E-state index in [1.165, 1.54) is 31.4 Å². The van der Waals surface area contributed by atoms with Gasteiger partial charge < -0.3 is 4.74 Å². The molecule has 122 valence electrons. The first kappa shape index (κ1) is 18.1. The minimum Gasteiger partial charge on any atom is -0.465 e. The van der Waals surface area contributed by atoms with Gasteiger partial charge in [0, 0.05) is 12.8 Å². The Morgan fingerprint density at radius 1 is 1.14 bits per heavy atom. The Kier molecular flexibility index (Phi) is 5.32. The van der Waals surface area contributed by atoms with Crippen LogP contribution < -0.4 is 0 Å². The largest absolute Gasteiger partial charge is 0.465 e. The van der Waals surface area contributed by atoms with Crippen LogP contribution >= 0.6 is 0 Å². The Balaban J connectivity index is 2.86. The van der Waals surface area contributed by atoms with Crippen LogP contribution in [-0.4, -0.2) is 30.7 Å². The molecule has 0 bridgehead atoms. The van der Waals surface area contributed by atoms with Crippen molar-refractivity contribution < 1.29 is 31.9 Å². The van der Waals surface area contributed by atoms with Crippen LogP contribution in [0.2, 0.25) is 0 Å². The maximum Gasteiger partial charge on any atom is 0.337 e. The van der Waals surface area contributed by atoms with Crippen LogP contribution in [0, 0.1) is 5.92 Å². The third kappa shape index (κ3) is 4.05. The molecule has 0 aliphatic carbocycles. The van der Waals surface area contributed by atoms with Gasteiger partial charge in [-0.3, -0.25) is 4.79 Å². The van der Waals surface area contributed by atoms with Gasteiger partial charge in [0.2, 0.25) is 0 Å². The summed E-state index contributed by atoms with van der Waals surface area (Å²) in [6.45, 7) is 1.18. The van der Waals surface area contributed by atoms with Crippen LogP contribution in [0.4, 0.5) is 17.6 Å². The van der Waals surface area contributed by atoms with Crippen LogP contribution in [0.25, 0.3) is 0 Å². The minimum atomic E-state index is -4.14. The van der Waals surface area contributed by atoms with Gasteiger partial charge in [-0.1, -0.05) is 19.1 Å². The van der Waals surface area contributed by atoms with Gasteiger partial charge in [-0.15, -0.1) is 0 Å². The Bertz CT molecular complexity index is 547. The molecule has 0 fully saturated rings. The van der Waals surface area contributed by atoms with E-state index in [0.717, 1.165) is 6.92 Å². The van der Waals surface area contributed by atoms with Crippen LogP contribution in [0.5, 0.6) is 0 Å². The summed E-state index contributed by atoms with van der Waals surface area (Å²) in [5, 5.41) is 0. The fourth-order valence-corrected chi connectivity index (χ4v) is 1.89. The fraction of sp³-hybridized carbons (Fsp3) is 0.467. The molecule has 0 N–H and O–H groups in total. The smallest absolute Gasteiger partial charge is 0.337 e. The van der Waals surface area contributed by atoms with Gasteiger partial charge in [0.1, 0.15) is 0 Å². The molecule has 1 atom stereocenters. The van der Waals surface area contributed by atoms with E-state index >= 15 is 0 Å². The second-order valence-electron chi connectivity index (χ2n) is 5.13. The number of hydrogen-bond acceptors (Lipinski definition) is 3. The monoisotopic (exact) mass is 320 g/mol. The normalized spacial score (nSPS) is 13.6. The first-order valence-electron chi connectivity index (χ1n) is 6.48. The van der Waals surface area contributed by atoms with Crippen molar-refractivity contribution in [3.05, 3.63) is 35.4 Å². The quantitative estimate of drug-likeness (QED) is 0.595. The highest BCUT2D eigenvalue weighted by atomic mass is 19.3. The predicted molar refractivity (Wildman–Crippen MR) is 71.2 cm³/mol. The average Bonchev–Trinajstić information content (AvgIpc) is 2.45. The number of benzene rings is 1. The van der Waals surface area contributed by atoms with Gasteiger partial charge in [0.15, 0.2) is 0 Å². The van der Waals surface area contributed by atoms with E-state index in [4.69, 9.17) is 0 Å². The highest BCUT2D eigenvalue weighted by molar-refractivity contribution is 5.92. The third-order valence-electron chi connectivity index (χ3n) is 3.24. The van der Waals surface area contributed by atoms with Crippen molar-refractivity contribution >= 4 is 11.8 Å². The Morgan fingerprint density at radius 3 is 2.05 bits per heavy atom. The molecule has 22 heavy (non-hydrogen) atoms. The predicted octanol–water partition coefficient (Wildman–Crippen LogP) is 3.51. The van der Waals surface area contributed by atoms with E-state index in [1.807, 2.05) is 0 Å². The number of carbonyl (C=O) groups is 2. The molecule has 0 amide bonds. The maximum absolute atomic E-state index is 13.8. The molecule has 1 unspecified atom stereocenters. The Morgan fingerprint density at radius 2 is 1.64 bits per heavy atom. The summed E-state index contributed by atoms with van der Waals surface area (Å²) in [6, 6.07) is 5.57. The molecule has 1 aromatic rings. The van der Waals surface area contributed by atoms with Gasteiger partial charge in [-0.05, 0) is 24.1 Å². The molecule has 0 saturated heterocycles. The Hall–Kier alpha value is -1.92. The van der Waals surface area contributed by atoms with Crippen LogP contribution in [0.15, 0.2) is 24.3 Å². The zero-order valence-electron chi connectivity index (χ0n) is 12.3. The van der Waals surface area contributed by atoms with Crippen molar-refractivity contribution in [1.29, 1.82) is 0 Å². The average molecular weight is 320 g/mol. The zero-order chi connectivity index (χ0) is 17.1. The number of rotatable bonds is 6. The second-order valence-corrected chi connectivity index (χ2v) is 5.13. The number of carbonyl (C=O) groups excluding carboxylic acids is 2. The van der Waals surface area contributed by atoms with Crippen molar-refractivity contribution in [2.45, 2.75) is 32.1 Å². The van der Waals surface area contributed by atoms with Crippen molar-refractivity contribution in [2.24, 2.45) is 5.92 Å².